The summed E-state index contributed by atoms with van der Waals surface area (Å²) in [6, 6.07) is 12.9. The van der Waals surface area contributed by atoms with Gasteiger partial charge in [0.25, 0.3) is 0 Å². The van der Waals surface area contributed by atoms with Gasteiger partial charge in [0.05, 0.1) is 13.0 Å². The number of likely N-dealkylation sites (tertiary alicyclic amines) is 1. The van der Waals surface area contributed by atoms with E-state index in [1.165, 1.54) is 0 Å². The van der Waals surface area contributed by atoms with Crippen molar-refractivity contribution >= 4 is 11.9 Å². The van der Waals surface area contributed by atoms with Crippen LogP contribution in [0.25, 0.3) is 0 Å². The summed E-state index contributed by atoms with van der Waals surface area (Å²) in [5, 5.41) is 10.4. The van der Waals surface area contributed by atoms with Gasteiger partial charge in [-0.15, -0.1) is 0 Å². The van der Waals surface area contributed by atoms with Crippen LogP contribution in [0.2, 0.25) is 0 Å². The van der Waals surface area contributed by atoms with Gasteiger partial charge in [0, 0.05) is 44.6 Å². The van der Waals surface area contributed by atoms with E-state index in [1.807, 2.05) is 63.4 Å². The summed E-state index contributed by atoms with van der Waals surface area (Å²) in [6.45, 7) is 5.90. The lowest BCUT2D eigenvalue weighted by Gasteiger charge is -2.30. The highest BCUT2D eigenvalue weighted by Crippen LogP contribution is 2.47. The fourth-order valence-corrected chi connectivity index (χ4v) is 5.48. The van der Waals surface area contributed by atoms with Gasteiger partial charge in [-0.2, -0.15) is 0 Å². The van der Waals surface area contributed by atoms with Crippen LogP contribution in [-0.2, 0) is 9.59 Å². The molecule has 3 atom stereocenters. The van der Waals surface area contributed by atoms with Crippen molar-refractivity contribution in [3.63, 3.8) is 0 Å². The van der Waals surface area contributed by atoms with E-state index >= 15 is 0 Å². The van der Waals surface area contributed by atoms with Crippen LogP contribution < -0.4 is 14.2 Å². The molecule has 1 saturated heterocycles. The molecule has 194 valence electrons. The maximum atomic E-state index is 12.9. The fourth-order valence-electron chi connectivity index (χ4n) is 5.48. The summed E-state index contributed by atoms with van der Waals surface area (Å²) >= 11 is 0. The lowest BCUT2D eigenvalue weighted by molar-refractivity contribution is -0.143. The zero-order valence-corrected chi connectivity index (χ0v) is 21.5. The molecule has 2 aromatic rings. The molecule has 8 nitrogen and oxygen atoms in total. The summed E-state index contributed by atoms with van der Waals surface area (Å²) < 4.78 is 16.3. The number of carboxylic acids is 1. The number of likely N-dealkylation sites (N-methyl/N-ethyl adjacent to an activating group) is 1. The summed E-state index contributed by atoms with van der Waals surface area (Å²) in [6.07, 6.45) is 1.62. The summed E-state index contributed by atoms with van der Waals surface area (Å²) in [4.78, 5) is 29.6. The minimum absolute atomic E-state index is 0.0131. The molecule has 0 spiro atoms. The molecule has 0 unspecified atom stereocenters. The Bertz CT molecular complexity index is 1070. The SMILES string of the molecule is CCC(CC)C(=O)N(C)CCN1C[C@H](c2ccc3c(c2)OCO3)[C@H](C(=O)O)[C@H]1c1ccc(OC)cc1. The predicted octanol–water partition coefficient (Wildman–Crippen LogP) is 4.16. The van der Waals surface area contributed by atoms with Gasteiger partial charge in [-0.3, -0.25) is 14.5 Å². The van der Waals surface area contributed by atoms with Crippen LogP contribution in [0, 0.1) is 11.8 Å². The van der Waals surface area contributed by atoms with Crippen LogP contribution in [0.5, 0.6) is 17.2 Å². The van der Waals surface area contributed by atoms with Gasteiger partial charge < -0.3 is 24.2 Å². The smallest absolute Gasteiger partial charge is 0.309 e. The maximum Gasteiger partial charge on any atom is 0.309 e. The number of hydrogen-bond donors (Lipinski definition) is 1. The monoisotopic (exact) mass is 496 g/mol. The first-order valence-electron chi connectivity index (χ1n) is 12.6. The van der Waals surface area contributed by atoms with E-state index in [1.54, 1.807) is 12.0 Å². The molecule has 0 saturated carbocycles. The number of carbonyl (C=O) groups is 2. The lowest BCUT2D eigenvalue weighted by Crippen LogP contribution is -2.39. The normalized spacial score (nSPS) is 21.1. The molecule has 0 bridgehead atoms. The van der Waals surface area contributed by atoms with E-state index in [0.717, 1.165) is 29.7 Å². The average Bonchev–Trinajstić information content (AvgIpc) is 3.52. The van der Waals surface area contributed by atoms with Crippen molar-refractivity contribution in [1.82, 2.24) is 9.80 Å². The van der Waals surface area contributed by atoms with Crippen molar-refractivity contribution in [2.45, 2.75) is 38.6 Å². The Morgan fingerprint density at radius 3 is 2.39 bits per heavy atom. The number of hydrogen-bond acceptors (Lipinski definition) is 6. The minimum atomic E-state index is -0.845. The standard InChI is InChI=1S/C28H36N2O6/c1-5-18(6-2)27(31)29(3)13-14-30-16-22(20-9-12-23-24(15-20)36-17-35-23)25(28(32)33)26(30)19-7-10-21(34-4)11-8-19/h7-12,15,18,22,25-26H,5-6,13-14,16-17H2,1-4H3,(H,32,33)/t22-,25+,26-/m1/s1. The highest BCUT2D eigenvalue weighted by atomic mass is 16.7. The molecule has 1 fully saturated rings. The number of methoxy groups -OCH3 is 1. The van der Waals surface area contributed by atoms with Crippen LogP contribution in [-0.4, -0.2) is 67.4 Å². The number of ether oxygens (including phenoxy) is 3. The highest BCUT2D eigenvalue weighted by molar-refractivity contribution is 5.78. The highest BCUT2D eigenvalue weighted by Gasteiger charge is 2.47. The largest absolute Gasteiger partial charge is 0.497 e. The zero-order chi connectivity index (χ0) is 25.8. The molecule has 2 aliphatic rings. The van der Waals surface area contributed by atoms with Crippen LogP contribution in [0.1, 0.15) is 49.8 Å². The van der Waals surface area contributed by atoms with E-state index in [4.69, 9.17) is 14.2 Å². The van der Waals surface area contributed by atoms with Crippen LogP contribution in [0.4, 0.5) is 0 Å². The summed E-state index contributed by atoms with van der Waals surface area (Å²) in [5.74, 6) is 0.435. The molecule has 1 N–H and O–H groups in total. The minimum Gasteiger partial charge on any atom is -0.497 e. The molecule has 36 heavy (non-hydrogen) atoms. The summed E-state index contributed by atoms with van der Waals surface area (Å²) in [5.41, 5.74) is 1.83. The second kappa shape index (κ2) is 11.2. The maximum absolute atomic E-state index is 12.9. The molecule has 4 rings (SSSR count). The molecular formula is C28H36N2O6. The number of carboxylic acid groups (broad SMARTS) is 1. The van der Waals surface area contributed by atoms with Gasteiger partial charge in [0.1, 0.15) is 5.75 Å². The molecule has 2 aliphatic heterocycles. The van der Waals surface area contributed by atoms with Gasteiger partial charge in [0.15, 0.2) is 11.5 Å². The lowest BCUT2D eigenvalue weighted by atomic mass is 9.82. The predicted molar refractivity (Wildman–Crippen MR) is 135 cm³/mol. The van der Waals surface area contributed by atoms with Gasteiger partial charge >= 0.3 is 5.97 Å². The van der Waals surface area contributed by atoms with Crippen molar-refractivity contribution < 1.29 is 28.9 Å². The van der Waals surface area contributed by atoms with E-state index in [0.29, 0.717) is 31.1 Å². The topological polar surface area (TPSA) is 88.5 Å². The summed E-state index contributed by atoms with van der Waals surface area (Å²) in [7, 11) is 3.45. The molecular weight excluding hydrogens is 460 g/mol. The molecule has 0 radical (unpaired) electrons. The Labute approximate surface area is 212 Å². The third kappa shape index (κ3) is 5.14. The molecule has 0 aromatic heterocycles. The van der Waals surface area contributed by atoms with Gasteiger partial charge in [-0.1, -0.05) is 32.0 Å². The number of amides is 1. The average molecular weight is 497 g/mol. The van der Waals surface area contributed by atoms with Crippen molar-refractivity contribution in [2.24, 2.45) is 11.8 Å². The molecule has 2 aromatic carbocycles. The number of carbonyl (C=O) groups excluding carboxylic acids is 1. The van der Waals surface area contributed by atoms with Crippen LogP contribution in [0.3, 0.4) is 0 Å². The number of rotatable bonds is 10. The van der Waals surface area contributed by atoms with Crippen molar-refractivity contribution in [3.8, 4) is 17.2 Å². The fraction of sp³-hybridized carbons (Fsp3) is 0.500. The number of nitrogens with zero attached hydrogens (tertiary/aromatic N) is 2. The van der Waals surface area contributed by atoms with Crippen molar-refractivity contribution in [3.05, 3.63) is 53.6 Å². The first-order valence-corrected chi connectivity index (χ1v) is 12.6. The Balaban J connectivity index is 1.64. The van der Waals surface area contributed by atoms with E-state index in [9.17, 15) is 14.7 Å². The van der Waals surface area contributed by atoms with Gasteiger partial charge in [-0.05, 0) is 48.2 Å². The third-order valence-electron chi connectivity index (χ3n) is 7.60. The Morgan fingerprint density at radius 2 is 1.75 bits per heavy atom. The third-order valence-corrected chi connectivity index (χ3v) is 7.60. The van der Waals surface area contributed by atoms with Crippen LogP contribution in [0.15, 0.2) is 42.5 Å². The first-order chi connectivity index (χ1) is 17.4. The second-order valence-electron chi connectivity index (χ2n) is 9.57. The Kier molecular flexibility index (Phi) is 8.04. The molecule has 1 amide bonds. The van der Waals surface area contributed by atoms with E-state index < -0.39 is 11.9 Å². The van der Waals surface area contributed by atoms with Crippen molar-refractivity contribution in [2.75, 3.05) is 40.6 Å². The molecule has 0 aliphatic carbocycles. The number of benzene rings is 2. The van der Waals surface area contributed by atoms with Gasteiger partial charge in [0.2, 0.25) is 12.7 Å². The van der Waals surface area contributed by atoms with E-state index in [-0.39, 0.29) is 30.6 Å². The second-order valence-corrected chi connectivity index (χ2v) is 9.57. The molecule has 8 heteroatoms. The van der Waals surface area contributed by atoms with Crippen molar-refractivity contribution in [1.29, 1.82) is 0 Å². The van der Waals surface area contributed by atoms with Crippen LogP contribution >= 0.6 is 0 Å². The van der Waals surface area contributed by atoms with E-state index in [2.05, 4.69) is 4.90 Å². The quantitative estimate of drug-likeness (QED) is 0.528. The molecule has 2 heterocycles. The zero-order valence-electron chi connectivity index (χ0n) is 21.5. The number of fused-ring (bicyclic) bond motifs is 1. The Morgan fingerprint density at radius 1 is 1.08 bits per heavy atom. The van der Waals surface area contributed by atoms with Gasteiger partial charge in [-0.25, -0.2) is 0 Å². The Hall–Kier alpha value is -3.26. The number of aliphatic carboxylic acids is 1. The first kappa shape index (κ1) is 25.8.